The van der Waals surface area contributed by atoms with Crippen LogP contribution in [0.25, 0.3) is 0 Å². The average molecular weight is 679 g/mol. The number of hydrazone groups is 2. The third-order valence-electron chi connectivity index (χ3n) is 10.3. The highest BCUT2D eigenvalue weighted by Gasteiger charge is 2.72. The van der Waals surface area contributed by atoms with Crippen LogP contribution in [0.5, 0.6) is 0 Å². The second-order valence-electron chi connectivity index (χ2n) is 13.7. The van der Waals surface area contributed by atoms with E-state index < -0.39 is 10.8 Å². The molecule has 6 aromatic carbocycles. The molecule has 254 valence electrons. The molecule has 2 aliphatic rings. The molecule has 2 atom stereocenters. The first kappa shape index (κ1) is 32.8. The highest BCUT2D eigenvalue weighted by molar-refractivity contribution is 6.36. The second-order valence-corrected chi connectivity index (χ2v) is 13.7. The summed E-state index contributed by atoms with van der Waals surface area (Å²) >= 11 is 0. The monoisotopic (exact) mass is 678 g/mol. The molecule has 0 N–H and O–H groups in total. The van der Waals surface area contributed by atoms with E-state index in [-0.39, 0.29) is 24.7 Å². The molecule has 2 aliphatic heterocycles. The van der Waals surface area contributed by atoms with Crippen LogP contribution in [0.1, 0.15) is 33.4 Å². The smallest absolute Gasteiger partial charge is 0.261 e. The number of anilines is 2. The fourth-order valence-corrected chi connectivity index (χ4v) is 7.73. The summed E-state index contributed by atoms with van der Waals surface area (Å²) < 4.78 is 0. The van der Waals surface area contributed by atoms with Gasteiger partial charge in [0.15, 0.2) is 0 Å². The Morgan fingerprint density at radius 2 is 0.731 bits per heavy atom. The van der Waals surface area contributed by atoms with Crippen molar-refractivity contribution in [1.29, 1.82) is 0 Å². The summed E-state index contributed by atoms with van der Waals surface area (Å²) in [5.41, 5.74) is 4.77. The maximum Gasteiger partial charge on any atom is 0.261 e. The minimum atomic E-state index is -1.56. The summed E-state index contributed by atoms with van der Waals surface area (Å²) in [4.78, 5) is 32.1. The summed E-state index contributed by atoms with van der Waals surface area (Å²) in [6.45, 7) is 4.09. The van der Waals surface area contributed by atoms with E-state index in [1.54, 1.807) is 0 Å². The van der Waals surface area contributed by atoms with Crippen LogP contribution in [-0.4, -0.2) is 23.2 Å². The van der Waals surface area contributed by atoms with Crippen molar-refractivity contribution in [2.75, 3.05) is 10.0 Å². The van der Waals surface area contributed by atoms with Crippen molar-refractivity contribution in [2.45, 2.75) is 26.7 Å². The largest absolute Gasteiger partial charge is 0.271 e. The molecule has 6 aromatic rings. The van der Waals surface area contributed by atoms with E-state index in [9.17, 15) is 0 Å². The fraction of sp³-hybridized carbons (Fsp3) is 0.130. The Morgan fingerprint density at radius 3 is 1.06 bits per heavy atom. The van der Waals surface area contributed by atoms with Crippen molar-refractivity contribution in [3.05, 3.63) is 203 Å². The molecule has 0 unspecified atom stereocenters. The van der Waals surface area contributed by atoms with Crippen LogP contribution in [0.4, 0.5) is 11.4 Å². The molecular weight excluding hydrogens is 641 g/mol. The predicted octanol–water partition coefficient (Wildman–Crippen LogP) is 8.96. The van der Waals surface area contributed by atoms with Crippen molar-refractivity contribution in [1.82, 2.24) is 0 Å². The van der Waals surface area contributed by atoms with Crippen LogP contribution < -0.4 is 10.0 Å². The number of carbonyl (C=O) groups is 2. The maximum atomic E-state index is 16.1. The molecule has 6 heteroatoms. The Balaban J connectivity index is 1.50. The van der Waals surface area contributed by atoms with Gasteiger partial charge in [0, 0.05) is 0 Å². The van der Waals surface area contributed by atoms with Crippen LogP contribution in [-0.2, 0) is 22.4 Å². The number of rotatable bonds is 9. The van der Waals surface area contributed by atoms with Crippen molar-refractivity contribution < 1.29 is 9.59 Å². The summed E-state index contributed by atoms with van der Waals surface area (Å²) in [5.74, 6) is -0.561. The summed E-state index contributed by atoms with van der Waals surface area (Å²) in [6.07, 6.45) is 0.407. The first-order valence-electron chi connectivity index (χ1n) is 17.6. The number of aryl methyl sites for hydroxylation is 2. The molecule has 52 heavy (non-hydrogen) atoms. The lowest BCUT2D eigenvalue weighted by Gasteiger charge is -2.45. The molecule has 0 bridgehead atoms. The Morgan fingerprint density at radius 1 is 0.423 bits per heavy atom. The Bertz CT molecular complexity index is 2120. The molecule has 0 aromatic heterocycles. The third-order valence-corrected chi connectivity index (χ3v) is 10.3. The normalized spacial score (nSPS) is 19.9. The van der Waals surface area contributed by atoms with E-state index >= 15 is 9.59 Å². The van der Waals surface area contributed by atoms with E-state index in [0.29, 0.717) is 22.8 Å². The molecule has 0 radical (unpaired) electrons. The molecule has 8 rings (SSSR count). The van der Waals surface area contributed by atoms with Crippen LogP contribution in [0.2, 0.25) is 0 Å². The van der Waals surface area contributed by atoms with E-state index in [2.05, 4.69) is 48.5 Å². The van der Waals surface area contributed by atoms with Gasteiger partial charge in [-0.3, -0.25) is 9.59 Å². The summed E-state index contributed by atoms with van der Waals surface area (Å²) in [7, 11) is 0. The van der Waals surface area contributed by atoms with E-state index in [1.807, 2.05) is 135 Å². The molecule has 2 heterocycles. The van der Waals surface area contributed by atoms with Crippen LogP contribution in [0.3, 0.4) is 0 Å². The fourth-order valence-electron chi connectivity index (χ4n) is 7.73. The standard InChI is InChI=1S/C46H38N4O2/c1-33-23-27-35(28-24-33)31-45(41(37-15-7-3-8-16-37)47-49(43(45)51)39-19-11-5-12-20-39)46(32-36-29-25-34(2)26-30-36)42(38-17-9-4-10-18-38)48-50(44(46)52)40-21-13-6-14-22-40/h3-30H,31-32H2,1-2H3/t45-,46-/m0/s1. The maximum absolute atomic E-state index is 16.1. The Labute approximate surface area is 304 Å². The average Bonchev–Trinajstić information content (AvgIpc) is 3.66. The molecule has 6 nitrogen and oxygen atoms in total. The van der Waals surface area contributed by atoms with Crippen LogP contribution >= 0.6 is 0 Å². The number of nitrogens with zero attached hydrogens (tertiary/aromatic N) is 4. The summed E-state index contributed by atoms with van der Waals surface area (Å²) in [5, 5.41) is 13.5. The number of hydrogen-bond donors (Lipinski definition) is 0. The van der Waals surface area contributed by atoms with Crippen molar-refractivity contribution in [3.8, 4) is 0 Å². The zero-order valence-electron chi connectivity index (χ0n) is 29.2. The zero-order valence-corrected chi connectivity index (χ0v) is 29.2. The number of benzene rings is 6. The predicted molar refractivity (Wildman–Crippen MR) is 208 cm³/mol. The first-order valence-corrected chi connectivity index (χ1v) is 17.6. The van der Waals surface area contributed by atoms with Crippen molar-refractivity contribution in [2.24, 2.45) is 21.0 Å². The molecule has 0 spiro atoms. The van der Waals surface area contributed by atoms with Gasteiger partial charge >= 0.3 is 0 Å². The van der Waals surface area contributed by atoms with Crippen LogP contribution in [0, 0.1) is 24.7 Å². The van der Waals surface area contributed by atoms with Gasteiger partial charge in [0.2, 0.25) is 0 Å². The molecular formula is C46H38N4O2. The highest BCUT2D eigenvalue weighted by Crippen LogP contribution is 2.57. The van der Waals surface area contributed by atoms with E-state index in [4.69, 9.17) is 10.2 Å². The van der Waals surface area contributed by atoms with Gasteiger partial charge < -0.3 is 0 Å². The van der Waals surface area contributed by atoms with E-state index in [0.717, 1.165) is 33.4 Å². The highest BCUT2D eigenvalue weighted by atomic mass is 16.2. The zero-order chi connectivity index (χ0) is 35.7. The quantitative estimate of drug-likeness (QED) is 0.153. The molecule has 0 saturated carbocycles. The molecule has 2 amide bonds. The number of para-hydroxylation sites is 2. The minimum Gasteiger partial charge on any atom is -0.271 e. The summed E-state index contributed by atoms with van der Waals surface area (Å²) in [6, 6.07) is 55.1. The molecule has 0 aliphatic carbocycles. The first-order chi connectivity index (χ1) is 25.4. The number of carbonyl (C=O) groups excluding carboxylic acids is 2. The van der Waals surface area contributed by atoms with Gasteiger partial charge in [-0.05, 0) is 73.2 Å². The second kappa shape index (κ2) is 13.4. The lowest BCUT2D eigenvalue weighted by Crippen LogP contribution is -2.63. The third kappa shape index (κ3) is 5.44. The topological polar surface area (TPSA) is 65.3 Å². The van der Waals surface area contributed by atoms with Crippen molar-refractivity contribution >= 4 is 34.6 Å². The van der Waals surface area contributed by atoms with Gasteiger partial charge in [-0.25, -0.2) is 0 Å². The lowest BCUT2D eigenvalue weighted by atomic mass is 9.52. The van der Waals surface area contributed by atoms with Gasteiger partial charge in [-0.15, -0.1) is 0 Å². The van der Waals surface area contributed by atoms with Gasteiger partial charge in [-0.2, -0.15) is 20.2 Å². The van der Waals surface area contributed by atoms with Gasteiger partial charge in [0.25, 0.3) is 11.8 Å². The van der Waals surface area contributed by atoms with Crippen molar-refractivity contribution in [3.63, 3.8) is 0 Å². The van der Waals surface area contributed by atoms with Gasteiger partial charge in [-0.1, -0.05) is 157 Å². The molecule has 0 fully saturated rings. The van der Waals surface area contributed by atoms with Gasteiger partial charge in [0.1, 0.15) is 10.8 Å². The number of amides is 2. The minimum absolute atomic E-state index is 0.204. The lowest BCUT2D eigenvalue weighted by molar-refractivity contribution is -0.137. The molecule has 0 saturated heterocycles. The number of hydrogen-bond acceptors (Lipinski definition) is 4. The van der Waals surface area contributed by atoms with Crippen LogP contribution in [0.15, 0.2) is 180 Å². The Hall–Kier alpha value is -6.40. The van der Waals surface area contributed by atoms with Gasteiger partial charge in [0.05, 0.1) is 22.8 Å². The van der Waals surface area contributed by atoms with E-state index in [1.165, 1.54) is 10.0 Å². The Kier molecular flexibility index (Phi) is 8.44. The SMILES string of the molecule is Cc1ccc(C[C@@]2([C@]3(Cc4ccc(C)cc4)C(=O)N(c4ccccc4)N=C3c3ccccc3)C(=O)N(c3ccccc3)N=C2c2ccccc2)cc1.